The van der Waals surface area contributed by atoms with Gasteiger partial charge < -0.3 is 24.8 Å². The molecule has 0 radical (unpaired) electrons. The Balaban J connectivity index is 1.12. The Kier molecular flexibility index (Phi) is 12.2. The molecule has 0 saturated heterocycles. The summed E-state index contributed by atoms with van der Waals surface area (Å²) in [6.45, 7) is 4.44. The summed E-state index contributed by atoms with van der Waals surface area (Å²) in [7, 11) is 0. The van der Waals surface area contributed by atoms with Crippen molar-refractivity contribution in [3.05, 3.63) is 95.6 Å². The van der Waals surface area contributed by atoms with Gasteiger partial charge in [0.2, 0.25) is 11.8 Å². The van der Waals surface area contributed by atoms with E-state index in [1.807, 2.05) is 66.7 Å². The van der Waals surface area contributed by atoms with Gasteiger partial charge in [-0.15, -0.1) is 0 Å². The second-order valence-electron chi connectivity index (χ2n) is 11.5. The molecule has 3 aromatic rings. The molecule has 10 nitrogen and oxygen atoms in total. The maximum absolute atomic E-state index is 12.8. The normalized spacial score (nSPS) is 13.8. The molecule has 0 bridgehead atoms. The fourth-order valence-corrected chi connectivity index (χ4v) is 5.24. The molecule has 0 aliphatic heterocycles. The number of benzene rings is 3. The molecule has 3 atom stereocenters. The molecule has 1 aliphatic rings. The third-order valence-electron chi connectivity index (χ3n) is 7.90. The van der Waals surface area contributed by atoms with Crippen molar-refractivity contribution in [3.63, 3.8) is 0 Å². The number of carbonyl (C=O) groups is 5. The molecule has 242 valence electrons. The van der Waals surface area contributed by atoms with Gasteiger partial charge in [0.15, 0.2) is 5.78 Å². The molecule has 0 heterocycles. The minimum atomic E-state index is -0.858. The fourth-order valence-electron chi connectivity index (χ4n) is 5.24. The second kappa shape index (κ2) is 16.5. The van der Waals surface area contributed by atoms with Gasteiger partial charge in [-0.05, 0) is 34.7 Å². The van der Waals surface area contributed by atoms with Crippen LogP contribution in [0.1, 0.15) is 56.2 Å². The molecule has 1 aliphatic carbocycles. The summed E-state index contributed by atoms with van der Waals surface area (Å²) in [5.74, 6) is -3.80. The van der Waals surface area contributed by atoms with Gasteiger partial charge in [0.25, 0.3) is 0 Å². The van der Waals surface area contributed by atoms with Crippen LogP contribution in [0.4, 0.5) is 0 Å². The third-order valence-corrected chi connectivity index (χ3v) is 7.90. The van der Waals surface area contributed by atoms with Crippen molar-refractivity contribution in [2.24, 2.45) is 11.8 Å². The Labute approximate surface area is 268 Å². The van der Waals surface area contributed by atoms with Gasteiger partial charge in [-0.2, -0.15) is 0 Å². The summed E-state index contributed by atoms with van der Waals surface area (Å²) in [5.41, 5.74) is 5.30. The maximum atomic E-state index is 12.8. The van der Waals surface area contributed by atoms with Crippen LogP contribution < -0.4 is 10.6 Å². The van der Waals surface area contributed by atoms with E-state index in [0.29, 0.717) is 0 Å². The van der Waals surface area contributed by atoms with Crippen molar-refractivity contribution in [1.82, 2.24) is 10.6 Å². The number of esters is 2. The first kappa shape index (κ1) is 34.1. The van der Waals surface area contributed by atoms with Crippen LogP contribution in [-0.2, 0) is 44.8 Å². The number of ketones is 1. The number of rotatable bonds is 16. The fraction of sp³-hybridized carbons (Fsp3) is 0.361. The molecular formula is C36H40N2O8. The molecule has 10 heteroatoms. The van der Waals surface area contributed by atoms with Crippen LogP contribution in [-0.4, -0.2) is 55.5 Å². The lowest BCUT2D eigenvalue weighted by Gasteiger charge is -2.19. The summed E-state index contributed by atoms with van der Waals surface area (Å²) in [4.78, 5) is 62.4. The van der Waals surface area contributed by atoms with Gasteiger partial charge >= 0.3 is 11.9 Å². The molecule has 0 saturated carbocycles. The Bertz CT molecular complexity index is 1490. The minimum absolute atomic E-state index is 0.0784. The maximum Gasteiger partial charge on any atom is 0.332 e. The van der Waals surface area contributed by atoms with Crippen LogP contribution in [0.5, 0.6) is 0 Å². The topological polar surface area (TPSA) is 137 Å². The van der Waals surface area contributed by atoms with E-state index in [0.717, 1.165) is 27.8 Å². The summed E-state index contributed by atoms with van der Waals surface area (Å²) in [6.07, 6.45) is -0.255. The van der Waals surface area contributed by atoms with Crippen LogP contribution in [0.25, 0.3) is 11.1 Å². The quantitative estimate of drug-likeness (QED) is 0.136. The van der Waals surface area contributed by atoms with Gasteiger partial charge in [-0.25, -0.2) is 4.79 Å². The lowest BCUT2D eigenvalue weighted by atomic mass is 9.98. The first-order valence-electron chi connectivity index (χ1n) is 15.4. The van der Waals surface area contributed by atoms with E-state index in [2.05, 4.69) is 22.8 Å². The van der Waals surface area contributed by atoms with Crippen molar-refractivity contribution >= 4 is 29.5 Å². The zero-order valence-corrected chi connectivity index (χ0v) is 26.3. The average Bonchev–Trinajstić information content (AvgIpc) is 3.38. The molecule has 46 heavy (non-hydrogen) atoms. The van der Waals surface area contributed by atoms with E-state index in [1.165, 1.54) is 6.92 Å². The van der Waals surface area contributed by atoms with Crippen LogP contribution in [0, 0.1) is 11.8 Å². The number of amides is 2. The summed E-state index contributed by atoms with van der Waals surface area (Å²) >= 11 is 0. The predicted molar refractivity (Wildman–Crippen MR) is 170 cm³/mol. The lowest BCUT2D eigenvalue weighted by Crippen LogP contribution is -2.43. The highest BCUT2D eigenvalue weighted by molar-refractivity contribution is 5.93. The van der Waals surface area contributed by atoms with E-state index in [9.17, 15) is 24.0 Å². The number of fused-ring (bicyclic) bond motifs is 3. The van der Waals surface area contributed by atoms with Crippen LogP contribution in [0.3, 0.4) is 0 Å². The molecular weight excluding hydrogens is 588 g/mol. The van der Waals surface area contributed by atoms with Gasteiger partial charge in [0, 0.05) is 24.2 Å². The Morgan fingerprint density at radius 2 is 1.28 bits per heavy atom. The number of hydrogen-bond donors (Lipinski definition) is 2. The zero-order valence-electron chi connectivity index (χ0n) is 26.3. The van der Waals surface area contributed by atoms with Crippen molar-refractivity contribution < 1.29 is 38.2 Å². The molecule has 3 aromatic carbocycles. The highest BCUT2D eigenvalue weighted by Gasteiger charge is 2.30. The zero-order chi connectivity index (χ0) is 33.1. The third kappa shape index (κ3) is 9.34. The van der Waals surface area contributed by atoms with E-state index in [4.69, 9.17) is 14.2 Å². The van der Waals surface area contributed by atoms with E-state index >= 15 is 0 Å². The molecule has 2 N–H and O–H groups in total. The van der Waals surface area contributed by atoms with Gasteiger partial charge in [-0.3, -0.25) is 19.2 Å². The predicted octanol–water partition coefficient (Wildman–Crippen LogP) is 4.30. The minimum Gasteiger partial charge on any atom is -0.465 e. The summed E-state index contributed by atoms with van der Waals surface area (Å²) in [6, 6.07) is 24.4. The standard InChI is InChI=1S/C36H40N2O8/c1-23(35(42)37-22-44-21-34(41)45-19-26-11-5-4-6-12-26)17-32(39)25(3)38-36(43)24(2)18-33(40)46-20-31-29-15-9-7-13-27(29)28-14-8-10-16-30(28)31/h4-16,23-25,31H,17-22H2,1-3H3,(H,37,42)(H,38,43)/t23-,24-,25+/m1/s1. The van der Waals surface area contributed by atoms with Crippen LogP contribution >= 0.6 is 0 Å². The number of ether oxygens (including phenoxy) is 3. The largest absolute Gasteiger partial charge is 0.465 e. The summed E-state index contributed by atoms with van der Waals surface area (Å²) in [5, 5.41) is 5.16. The van der Waals surface area contributed by atoms with Gasteiger partial charge in [-0.1, -0.05) is 92.7 Å². The summed E-state index contributed by atoms with van der Waals surface area (Å²) < 4.78 is 15.9. The molecule has 2 amide bonds. The lowest BCUT2D eigenvalue weighted by molar-refractivity contribution is -0.151. The SMILES string of the molecule is C[C@H](CC(=O)[C@H](C)NC(=O)[C@H](C)CC(=O)OCC1c2ccccc2-c2ccccc21)C(=O)NCOCC(=O)OCc1ccccc1. The number of Topliss-reactive ketones (excluding diaryl/α,β-unsaturated/α-hetero) is 1. The number of hydrogen-bond acceptors (Lipinski definition) is 8. The Morgan fingerprint density at radius 1 is 0.696 bits per heavy atom. The van der Waals surface area contributed by atoms with Gasteiger partial charge in [0.1, 0.15) is 26.6 Å². The van der Waals surface area contributed by atoms with Crippen molar-refractivity contribution in [2.45, 2.75) is 52.2 Å². The van der Waals surface area contributed by atoms with Gasteiger partial charge in [0.05, 0.1) is 12.5 Å². The monoisotopic (exact) mass is 628 g/mol. The Morgan fingerprint density at radius 3 is 1.93 bits per heavy atom. The first-order valence-corrected chi connectivity index (χ1v) is 15.4. The number of carbonyl (C=O) groups excluding carboxylic acids is 5. The second-order valence-corrected chi connectivity index (χ2v) is 11.5. The molecule has 0 aromatic heterocycles. The smallest absolute Gasteiger partial charge is 0.332 e. The Hall–Kier alpha value is -4.83. The number of nitrogens with one attached hydrogen (secondary N) is 2. The highest BCUT2D eigenvalue weighted by atomic mass is 16.6. The van der Waals surface area contributed by atoms with Crippen LogP contribution in [0.15, 0.2) is 78.9 Å². The van der Waals surface area contributed by atoms with E-state index in [1.54, 1.807) is 13.8 Å². The average molecular weight is 629 g/mol. The van der Waals surface area contributed by atoms with Crippen molar-refractivity contribution in [1.29, 1.82) is 0 Å². The van der Waals surface area contributed by atoms with E-state index in [-0.39, 0.29) is 51.1 Å². The first-order chi connectivity index (χ1) is 22.1. The molecule has 0 fully saturated rings. The van der Waals surface area contributed by atoms with Crippen LogP contribution in [0.2, 0.25) is 0 Å². The molecule has 0 spiro atoms. The van der Waals surface area contributed by atoms with E-state index < -0.39 is 41.6 Å². The molecule has 4 rings (SSSR count). The van der Waals surface area contributed by atoms with Crippen molar-refractivity contribution in [3.8, 4) is 11.1 Å². The van der Waals surface area contributed by atoms with Crippen molar-refractivity contribution in [2.75, 3.05) is 19.9 Å². The molecule has 0 unspecified atom stereocenters. The highest BCUT2D eigenvalue weighted by Crippen LogP contribution is 2.44.